The third-order valence-corrected chi connectivity index (χ3v) is 6.74. The van der Waals surface area contributed by atoms with Gasteiger partial charge in [-0.2, -0.15) is 0 Å². The number of likely N-dealkylation sites (N-methyl/N-ethyl adjacent to an activating group) is 1. The third-order valence-electron chi connectivity index (χ3n) is 4.30. The van der Waals surface area contributed by atoms with Gasteiger partial charge in [0.2, 0.25) is 0 Å². The number of hydrogen-bond acceptors (Lipinski definition) is 2. The maximum atomic E-state index is 12.8. The van der Waals surface area contributed by atoms with Gasteiger partial charge in [-0.25, -0.2) is 0 Å². The normalized spacial score (nSPS) is 20.3. The molecule has 3 nitrogen and oxygen atoms in total. The minimum absolute atomic E-state index is 0.0883. The van der Waals surface area contributed by atoms with Gasteiger partial charge in [-0.05, 0) is 0 Å². The fraction of sp³-hybridized carbons (Fsp3) is 0.158. The molecule has 0 N–H and O–H groups in total. The number of nitrogens with zero attached hydrogens (tertiary/aromatic N) is 1. The summed E-state index contributed by atoms with van der Waals surface area (Å²) in [4.78, 5) is 26.6. The third kappa shape index (κ3) is 2.44. The molecule has 1 atom stereocenters. The van der Waals surface area contributed by atoms with Crippen LogP contribution in [0.1, 0.15) is 12.5 Å². The number of ketones is 1. The van der Waals surface area contributed by atoms with Crippen LogP contribution in [-0.2, 0) is 15.0 Å². The summed E-state index contributed by atoms with van der Waals surface area (Å²) in [6.07, 6.45) is 0. The van der Waals surface area contributed by atoms with Crippen molar-refractivity contribution in [3.05, 3.63) is 71.2 Å². The molecule has 1 amide bonds. The van der Waals surface area contributed by atoms with Crippen molar-refractivity contribution in [1.29, 1.82) is 0 Å². The summed E-state index contributed by atoms with van der Waals surface area (Å²) >= 11 is -0.0883. The van der Waals surface area contributed by atoms with Crippen LogP contribution in [0.4, 0.5) is 5.69 Å². The van der Waals surface area contributed by atoms with Gasteiger partial charge in [-0.3, -0.25) is 0 Å². The van der Waals surface area contributed by atoms with Crippen LogP contribution in [0.15, 0.2) is 65.6 Å². The Labute approximate surface area is 142 Å². The van der Waals surface area contributed by atoms with E-state index in [-0.39, 0.29) is 15.0 Å². The summed E-state index contributed by atoms with van der Waals surface area (Å²) in [5, 5.41) is 0. The van der Waals surface area contributed by atoms with Gasteiger partial charge in [0.15, 0.2) is 0 Å². The SMILES string of the molecule is C=C([Se]c1ccccc1)C1(C)C(=O)C(=O)N(C)c2ccccc21. The second kappa shape index (κ2) is 5.80. The van der Waals surface area contributed by atoms with Gasteiger partial charge in [0.05, 0.1) is 0 Å². The Morgan fingerprint density at radius 1 is 1.04 bits per heavy atom. The number of anilines is 1. The Morgan fingerprint density at radius 3 is 2.35 bits per heavy atom. The van der Waals surface area contributed by atoms with Crippen LogP contribution in [0.25, 0.3) is 0 Å². The van der Waals surface area contributed by atoms with E-state index in [0.717, 1.165) is 20.2 Å². The van der Waals surface area contributed by atoms with E-state index in [1.165, 1.54) is 4.90 Å². The number of benzene rings is 2. The molecule has 1 aliphatic rings. The zero-order chi connectivity index (χ0) is 16.6. The van der Waals surface area contributed by atoms with E-state index >= 15 is 0 Å². The fourth-order valence-corrected chi connectivity index (χ4v) is 4.86. The van der Waals surface area contributed by atoms with Crippen molar-refractivity contribution in [3.8, 4) is 0 Å². The predicted molar refractivity (Wildman–Crippen MR) is 93.2 cm³/mol. The van der Waals surface area contributed by atoms with Gasteiger partial charge < -0.3 is 0 Å². The molecule has 0 saturated carbocycles. The number of carbonyl (C=O) groups excluding carboxylic acids is 2. The van der Waals surface area contributed by atoms with E-state index in [4.69, 9.17) is 0 Å². The molecule has 4 heteroatoms. The minimum atomic E-state index is -0.962. The molecule has 0 radical (unpaired) electrons. The number of carbonyl (C=O) groups is 2. The molecule has 0 fully saturated rings. The monoisotopic (exact) mass is 371 g/mol. The van der Waals surface area contributed by atoms with E-state index in [1.807, 2.05) is 61.5 Å². The van der Waals surface area contributed by atoms with E-state index in [9.17, 15) is 9.59 Å². The van der Waals surface area contributed by atoms with Crippen molar-refractivity contribution in [2.24, 2.45) is 0 Å². The molecule has 23 heavy (non-hydrogen) atoms. The Morgan fingerprint density at radius 2 is 1.65 bits per heavy atom. The Hall–Kier alpha value is -2.16. The van der Waals surface area contributed by atoms with Crippen LogP contribution in [0, 0.1) is 0 Å². The first kappa shape index (κ1) is 15.7. The average Bonchev–Trinajstić information content (AvgIpc) is 2.59. The summed E-state index contributed by atoms with van der Waals surface area (Å²) in [5.74, 6) is -0.877. The van der Waals surface area contributed by atoms with Gasteiger partial charge >= 0.3 is 142 Å². The van der Waals surface area contributed by atoms with Gasteiger partial charge in [0.25, 0.3) is 0 Å². The van der Waals surface area contributed by atoms with E-state index < -0.39 is 17.1 Å². The summed E-state index contributed by atoms with van der Waals surface area (Å²) < 4.78 is 1.94. The molecule has 3 rings (SSSR count). The number of fused-ring (bicyclic) bond motifs is 1. The van der Waals surface area contributed by atoms with E-state index in [2.05, 4.69) is 6.58 Å². The van der Waals surface area contributed by atoms with Crippen molar-refractivity contribution in [2.75, 3.05) is 11.9 Å². The molecule has 1 heterocycles. The predicted octanol–water partition coefficient (Wildman–Crippen LogP) is 2.03. The number of rotatable bonds is 3. The molecular formula is C19H17NO2Se. The molecule has 1 aliphatic heterocycles. The van der Waals surface area contributed by atoms with Crippen molar-refractivity contribution in [1.82, 2.24) is 0 Å². The molecule has 0 aromatic heterocycles. The van der Waals surface area contributed by atoms with Crippen molar-refractivity contribution < 1.29 is 9.59 Å². The molecule has 2 aromatic rings. The first-order valence-electron chi connectivity index (χ1n) is 7.30. The summed E-state index contributed by atoms with van der Waals surface area (Å²) in [6, 6.07) is 17.5. The van der Waals surface area contributed by atoms with Crippen LogP contribution in [0.5, 0.6) is 0 Å². The maximum absolute atomic E-state index is 12.8. The molecular weight excluding hydrogens is 353 g/mol. The Balaban J connectivity index is 2.08. The second-order valence-corrected chi connectivity index (χ2v) is 8.12. The van der Waals surface area contributed by atoms with Gasteiger partial charge in [-0.15, -0.1) is 0 Å². The average molecular weight is 370 g/mol. The second-order valence-electron chi connectivity index (χ2n) is 5.67. The molecule has 0 spiro atoms. The first-order chi connectivity index (χ1) is 11.0. The number of para-hydroxylation sites is 1. The standard InChI is InChI=1S/C19H17NO2Se/c1-13(23-14-9-5-4-6-10-14)19(2)15-11-7-8-12-16(15)20(3)18(22)17(19)21/h4-12H,1H2,2-3H3. The fourth-order valence-electron chi connectivity index (χ4n) is 2.80. The van der Waals surface area contributed by atoms with Crippen LogP contribution in [-0.4, -0.2) is 33.7 Å². The number of hydrogen-bond donors (Lipinski definition) is 0. The topological polar surface area (TPSA) is 37.4 Å². The summed E-state index contributed by atoms with van der Waals surface area (Å²) in [6.45, 7) is 6.02. The molecule has 1 unspecified atom stereocenters. The van der Waals surface area contributed by atoms with Crippen LogP contribution >= 0.6 is 0 Å². The molecule has 0 saturated heterocycles. The van der Waals surface area contributed by atoms with Gasteiger partial charge in [-0.1, -0.05) is 0 Å². The zero-order valence-corrected chi connectivity index (χ0v) is 14.8. The van der Waals surface area contributed by atoms with Gasteiger partial charge in [0.1, 0.15) is 0 Å². The Bertz CT molecular complexity index is 800. The van der Waals surface area contributed by atoms with Crippen molar-refractivity contribution in [2.45, 2.75) is 12.3 Å². The van der Waals surface area contributed by atoms with Crippen molar-refractivity contribution in [3.63, 3.8) is 0 Å². The molecule has 116 valence electrons. The molecule has 2 aromatic carbocycles. The first-order valence-corrected chi connectivity index (χ1v) is 9.02. The van der Waals surface area contributed by atoms with Crippen LogP contribution in [0.3, 0.4) is 0 Å². The van der Waals surface area contributed by atoms with E-state index in [1.54, 1.807) is 7.05 Å². The quantitative estimate of drug-likeness (QED) is 0.613. The summed E-state index contributed by atoms with van der Waals surface area (Å²) in [7, 11) is 1.64. The number of Topliss-reactive ketones (excluding diaryl/α,β-unsaturated/α-hetero) is 1. The number of amides is 1. The van der Waals surface area contributed by atoms with Crippen LogP contribution < -0.4 is 9.36 Å². The molecule has 0 aliphatic carbocycles. The Kier molecular flexibility index (Phi) is 3.97. The number of allylic oxidation sites excluding steroid dienone is 1. The summed E-state index contributed by atoms with van der Waals surface area (Å²) in [5.41, 5.74) is 0.676. The van der Waals surface area contributed by atoms with Crippen LogP contribution in [0.2, 0.25) is 0 Å². The van der Waals surface area contributed by atoms with Crippen molar-refractivity contribution >= 4 is 36.8 Å². The van der Waals surface area contributed by atoms with Gasteiger partial charge in [0, 0.05) is 0 Å². The van der Waals surface area contributed by atoms with E-state index in [0.29, 0.717) is 0 Å². The zero-order valence-electron chi connectivity index (χ0n) is 13.1. The molecule has 0 bridgehead atoms.